The number of nitrogens with zero attached hydrogens (tertiary/aromatic N) is 2. The van der Waals surface area contributed by atoms with Crippen molar-refractivity contribution >= 4 is 23.2 Å². The lowest BCUT2D eigenvalue weighted by Gasteiger charge is -2.29. The van der Waals surface area contributed by atoms with E-state index in [0.29, 0.717) is 23.5 Å². The number of aryl methyl sites for hydroxylation is 2. The van der Waals surface area contributed by atoms with Crippen LogP contribution in [0.2, 0.25) is 0 Å². The minimum Gasteiger partial charge on any atom is -0.477 e. The molecule has 28 heavy (non-hydrogen) atoms. The zero-order chi connectivity index (χ0) is 20.3. The Balaban J connectivity index is 1.76. The molecule has 0 bridgehead atoms. The summed E-state index contributed by atoms with van der Waals surface area (Å²) >= 11 is 1.24. The molecule has 1 aliphatic heterocycles. The van der Waals surface area contributed by atoms with Gasteiger partial charge in [-0.3, -0.25) is 4.79 Å². The Kier molecular flexibility index (Phi) is 6.18. The van der Waals surface area contributed by atoms with Gasteiger partial charge in [0.05, 0.1) is 11.7 Å². The highest BCUT2D eigenvalue weighted by Crippen LogP contribution is 2.38. The molecule has 1 unspecified atom stereocenters. The van der Waals surface area contributed by atoms with E-state index in [2.05, 4.69) is 12.1 Å². The summed E-state index contributed by atoms with van der Waals surface area (Å²) in [5, 5.41) is 10.4. The number of hydrogen-bond acceptors (Lipinski definition) is 4. The van der Waals surface area contributed by atoms with Gasteiger partial charge in [0.2, 0.25) is 5.91 Å². The minimum atomic E-state index is -0.926. The van der Waals surface area contributed by atoms with Crippen LogP contribution in [0.15, 0.2) is 30.3 Å². The SMILES string of the molecule is CC(C)(C)C(=O)N1CCCC1c1nc(CCCc2ccccc2)c(C(=O)O)s1. The second-order valence-corrected chi connectivity index (χ2v) is 9.41. The number of rotatable bonds is 6. The topological polar surface area (TPSA) is 70.5 Å². The fourth-order valence-electron chi connectivity index (χ4n) is 3.65. The lowest BCUT2D eigenvalue weighted by atomic mass is 9.94. The molecule has 0 aliphatic carbocycles. The van der Waals surface area contributed by atoms with Crippen molar-refractivity contribution in [3.8, 4) is 0 Å². The van der Waals surface area contributed by atoms with Gasteiger partial charge in [-0.05, 0) is 37.7 Å². The first-order valence-electron chi connectivity index (χ1n) is 9.85. The zero-order valence-corrected chi connectivity index (χ0v) is 17.6. The molecule has 1 aromatic heterocycles. The number of hydrogen-bond donors (Lipinski definition) is 1. The van der Waals surface area contributed by atoms with Gasteiger partial charge in [-0.25, -0.2) is 9.78 Å². The van der Waals surface area contributed by atoms with Crippen LogP contribution in [0.25, 0.3) is 0 Å². The maximum absolute atomic E-state index is 12.8. The molecule has 2 heterocycles. The van der Waals surface area contributed by atoms with E-state index in [1.165, 1.54) is 16.9 Å². The van der Waals surface area contributed by atoms with Crippen LogP contribution >= 0.6 is 11.3 Å². The van der Waals surface area contributed by atoms with Crippen LogP contribution in [0.1, 0.15) is 72.0 Å². The standard InChI is InChI=1S/C22H28N2O3S/c1-22(2,3)21(27)24-14-8-13-17(24)19-23-16(18(28-19)20(25)26)12-7-11-15-9-5-4-6-10-15/h4-6,9-10,17H,7-8,11-14H2,1-3H3,(H,25,26). The Morgan fingerprint density at radius 1 is 1.21 bits per heavy atom. The van der Waals surface area contributed by atoms with Gasteiger partial charge in [0.1, 0.15) is 9.88 Å². The largest absolute Gasteiger partial charge is 0.477 e. The highest BCUT2D eigenvalue weighted by atomic mass is 32.1. The van der Waals surface area contributed by atoms with Crippen LogP contribution in [0.3, 0.4) is 0 Å². The molecule has 3 rings (SSSR count). The molecule has 1 fully saturated rings. The Hall–Kier alpha value is -2.21. The monoisotopic (exact) mass is 400 g/mol. The van der Waals surface area contributed by atoms with Gasteiger partial charge in [-0.1, -0.05) is 51.1 Å². The Labute approximate surface area is 170 Å². The van der Waals surface area contributed by atoms with Crippen molar-refractivity contribution in [3.63, 3.8) is 0 Å². The summed E-state index contributed by atoms with van der Waals surface area (Å²) in [7, 11) is 0. The van der Waals surface area contributed by atoms with Crippen molar-refractivity contribution in [1.29, 1.82) is 0 Å². The third-order valence-electron chi connectivity index (χ3n) is 5.07. The normalized spacial score (nSPS) is 17.1. The average molecular weight is 401 g/mol. The Bertz CT molecular complexity index is 839. The number of carbonyl (C=O) groups excluding carboxylic acids is 1. The van der Waals surface area contributed by atoms with Crippen molar-refractivity contribution in [2.75, 3.05) is 6.54 Å². The lowest BCUT2D eigenvalue weighted by molar-refractivity contribution is -0.140. The summed E-state index contributed by atoms with van der Waals surface area (Å²) in [5.74, 6) is -0.821. The molecule has 1 aromatic carbocycles. The van der Waals surface area contributed by atoms with Crippen LogP contribution in [0.5, 0.6) is 0 Å². The van der Waals surface area contributed by atoms with Gasteiger partial charge < -0.3 is 10.0 Å². The van der Waals surface area contributed by atoms with Crippen molar-refractivity contribution in [2.45, 2.75) is 58.9 Å². The van der Waals surface area contributed by atoms with E-state index in [9.17, 15) is 14.7 Å². The molecule has 5 nitrogen and oxygen atoms in total. The molecule has 1 N–H and O–H groups in total. The molecule has 0 spiro atoms. The summed E-state index contributed by atoms with van der Waals surface area (Å²) in [5.41, 5.74) is 1.44. The molecule has 150 valence electrons. The number of carboxylic acid groups (broad SMARTS) is 1. The number of carboxylic acids is 1. The van der Waals surface area contributed by atoms with E-state index in [-0.39, 0.29) is 11.9 Å². The first-order chi connectivity index (χ1) is 13.3. The number of thiazole rings is 1. The molecule has 1 atom stereocenters. The highest BCUT2D eigenvalue weighted by Gasteiger charge is 2.37. The first kappa shape index (κ1) is 20.5. The van der Waals surface area contributed by atoms with Crippen LogP contribution < -0.4 is 0 Å². The number of benzene rings is 1. The molecule has 0 saturated carbocycles. The van der Waals surface area contributed by atoms with E-state index in [4.69, 9.17) is 4.98 Å². The molecule has 0 radical (unpaired) electrons. The van der Waals surface area contributed by atoms with Gasteiger partial charge in [0, 0.05) is 12.0 Å². The quantitative estimate of drug-likeness (QED) is 0.761. The number of likely N-dealkylation sites (tertiary alicyclic amines) is 1. The van der Waals surface area contributed by atoms with E-state index < -0.39 is 11.4 Å². The molecule has 1 saturated heterocycles. The minimum absolute atomic E-state index is 0.0994. The van der Waals surface area contributed by atoms with Gasteiger partial charge >= 0.3 is 5.97 Å². The summed E-state index contributed by atoms with van der Waals surface area (Å²) in [4.78, 5) is 31.4. The van der Waals surface area contributed by atoms with Crippen LogP contribution in [0.4, 0.5) is 0 Å². The maximum Gasteiger partial charge on any atom is 0.347 e. The van der Waals surface area contributed by atoms with Crippen LogP contribution in [0, 0.1) is 5.41 Å². The predicted molar refractivity (Wildman–Crippen MR) is 111 cm³/mol. The fraction of sp³-hybridized carbons (Fsp3) is 0.500. The Morgan fingerprint density at radius 2 is 1.93 bits per heavy atom. The molecule has 2 aromatic rings. The average Bonchev–Trinajstić information content (AvgIpc) is 3.28. The smallest absolute Gasteiger partial charge is 0.347 e. The number of carbonyl (C=O) groups is 2. The molecule has 6 heteroatoms. The zero-order valence-electron chi connectivity index (χ0n) is 16.8. The van der Waals surface area contributed by atoms with Gasteiger partial charge in [-0.15, -0.1) is 11.3 Å². The van der Waals surface area contributed by atoms with Crippen LogP contribution in [-0.2, 0) is 17.6 Å². The molecular formula is C22H28N2O3S. The summed E-state index contributed by atoms with van der Waals surface area (Å²) in [6, 6.07) is 10.1. The molecule has 1 amide bonds. The van der Waals surface area contributed by atoms with Gasteiger partial charge in [0.15, 0.2) is 0 Å². The van der Waals surface area contributed by atoms with E-state index in [1.807, 2.05) is 43.9 Å². The van der Waals surface area contributed by atoms with Crippen molar-refractivity contribution in [2.24, 2.45) is 5.41 Å². The lowest BCUT2D eigenvalue weighted by Crippen LogP contribution is -2.38. The first-order valence-corrected chi connectivity index (χ1v) is 10.7. The molecular weight excluding hydrogens is 372 g/mol. The summed E-state index contributed by atoms with van der Waals surface area (Å²) < 4.78 is 0. The van der Waals surface area contributed by atoms with Gasteiger partial charge in [0.25, 0.3) is 0 Å². The number of aromatic nitrogens is 1. The Morgan fingerprint density at radius 3 is 2.57 bits per heavy atom. The van der Waals surface area contributed by atoms with E-state index >= 15 is 0 Å². The van der Waals surface area contributed by atoms with Crippen LogP contribution in [-0.4, -0.2) is 33.4 Å². The second kappa shape index (κ2) is 8.43. The number of aromatic carboxylic acids is 1. The van der Waals surface area contributed by atoms with Crippen molar-refractivity contribution in [3.05, 3.63) is 51.5 Å². The van der Waals surface area contributed by atoms with Crippen molar-refractivity contribution in [1.82, 2.24) is 9.88 Å². The van der Waals surface area contributed by atoms with Crippen molar-refractivity contribution < 1.29 is 14.7 Å². The number of amides is 1. The second-order valence-electron chi connectivity index (χ2n) is 8.38. The predicted octanol–water partition coefficient (Wildman–Crippen LogP) is 4.73. The fourth-order valence-corrected chi connectivity index (χ4v) is 4.75. The van der Waals surface area contributed by atoms with E-state index in [0.717, 1.165) is 30.7 Å². The third kappa shape index (κ3) is 4.61. The summed E-state index contributed by atoms with van der Waals surface area (Å²) in [6.45, 7) is 6.48. The summed E-state index contributed by atoms with van der Waals surface area (Å²) in [6.07, 6.45) is 4.15. The molecule has 1 aliphatic rings. The highest BCUT2D eigenvalue weighted by molar-refractivity contribution is 7.13. The maximum atomic E-state index is 12.8. The van der Waals surface area contributed by atoms with E-state index in [1.54, 1.807) is 0 Å². The van der Waals surface area contributed by atoms with Gasteiger partial charge in [-0.2, -0.15) is 0 Å². The third-order valence-corrected chi connectivity index (χ3v) is 6.26.